The monoisotopic (exact) mass is 340 g/mol. The van der Waals surface area contributed by atoms with Gasteiger partial charge in [-0.05, 0) is 22.9 Å². The standard InChI is InChI=1S/C18H16N2O5/c21-16(11-19-10-15(20(23)24)6-8-18(19)22)12-25-17-7-5-13-3-1-2-4-14(13)9-17/h1-10,16,21H,11-12H2/t16-/m0/s1. The van der Waals surface area contributed by atoms with Gasteiger partial charge >= 0.3 is 0 Å². The van der Waals surface area contributed by atoms with Crippen LogP contribution < -0.4 is 10.3 Å². The molecular weight excluding hydrogens is 324 g/mol. The fraction of sp³-hybridized carbons (Fsp3) is 0.167. The number of fused-ring (bicyclic) bond motifs is 1. The van der Waals surface area contributed by atoms with Gasteiger partial charge < -0.3 is 14.4 Å². The molecular formula is C18H16N2O5. The number of rotatable bonds is 6. The van der Waals surface area contributed by atoms with Crippen molar-refractivity contribution in [3.05, 3.63) is 81.3 Å². The van der Waals surface area contributed by atoms with Crippen LogP contribution in [0.2, 0.25) is 0 Å². The molecule has 0 aliphatic rings. The zero-order chi connectivity index (χ0) is 17.8. The SMILES string of the molecule is O=c1ccc([N+](=O)[O-])cn1C[C@H](O)COc1ccc2ccccc2c1. The minimum absolute atomic E-state index is 0.0343. The maximum absolute atomic E-state index is 11.7. The lowest BCUT2D eigenvalue weighted by molar-refractivity contribution is -0.385. The Bertz CT molecular complexity index is 967. The van der Waals surface area contributed by atoms with E-state index in [2.05, 4.69) is 0 Å². The van der Waals surface area contributed by atoms with Gasteiger partial charge in [-0.25, -0.2) is 0 Å². The van der Waals surface area contributed by atoms with E-state index >= 15 is 0 Å². The van der Waals surface area contributed by atoms with Crippen LogP contribution in [-0.4, -0.2) is 27.3 Å². The molecule has 1 atom stereocenters. The third-order valence-electron chi connectivity index (χ3n) is 3.75. The number of aliphatic hydroxyl groups excluding tert-OH is 1. The first kappa shape index (κ1) is 16.7. The molecule has 0 amide bonds. The molecule has 1 N–H and O–H groups in total. The quantitative estimate of drug-likeness (QED) is 0.549. The Balaban J connectivity index is 1.66. The molecule has 0 unspecified atom stereocenters. The van der Waals surface area contributed by atoms with E-state index in [1.54, 1.807) is 6.07 Å². The minimum Gasteiger partial charge on any atom is -0.491 e. The fourth-order valence-electron chi connectivity index (χ4n) is 2.50. The number of hydrogen-bond donors (Lipinski definition) is 1. The highest BCUT2D eigenvalue weighted by atomic mass is 16.6. The molecule has 3 aromatic rings. The normalized spacial score (nSPS) is 12.0. The molecule has 0 fully saturated rings. The topological polar surface area (TPSA) is 94.6 Å². The van der Waals surface area contributed by atoms with Gasteiger partial charge in [0.1, 0.15) is 18.5 Å². The highest BCUT2D eigenvalue weighted by molar-refractivity contribution is 5.83. The van der Waals surface area contributed by atoms with Gasteiger partial charge in [-0.3, -0.25) is 14.9 Å². The molecule has 0 radical (unpaired) electrons. The molecule has 0 spiro atoms. The zero-order valence-electron chi connectivity index (χ0n) is 13.2. The molecule has 0 saturated carbocycles. The van der Waals surface area contributed by atoms with E-state index < -0.39 is 16.6 Å². The maximum atomic E-state index is 11.7. The number of pyridine rings is 1. The third-order valence-corrected chi connectivity index (χ3v) is 3.75. The van der Waals surface area contributed by atoms with Crippen molar-refractivity contribution >= 4 is 16.5 Å². The Morgan fingerprint density at radius 3 is 2.64 bits per heavy atom. The van der Waals surface area contributed by atoms with Crippen molar-refractivity contribution in [3.8, 4) is 5.75 Å². The van der Waals surface area contributed by atoms with Gasteiger partial charge in [-0.1, -0.05) is 30.3 Å². The van der Waals surface area contributed by atoms with Crippen molar-refractivity contribution in [2.45, 2.75) is 12.6 Å². The Kier molecular flexibility index (Phi) is 4.76. The molecule has 25 heavy (non-hydrogen) atoms. The second-order valence-corrected chi connectivity index (χ2v) is 5.61. The summed E-state index contributed by atoms with van der Waals surface area (Å²) in [4.78, 5) is 21.9. The van der Waals surface area contributed by atoms with E-state index in [-0.39, 0.29) is 18.8 Å². The van der Waals surface area contributed by atoms with Crippen molar-refractivity contribution in [1.82, 2.24) is 4.57 Å². The Morgan fingerprint density at radius 1 is 1.12 bits per heavy atom. The highest BCUT2D eigenvalue weighted by Gasteiger charge is 2.12. The Labute approximate surface area is 142 Å². The van der Waals surface area contributed by atoms with Crippen LogP contribution in [0.1, 0.15) is 0 Å². The van der Waals surface area contributed by atoms with E-state index in [0.29, 0.717) is 5.75 Å². The van der Waals surface area contributed by atoms with Crippen molar-refractivity contribution < 1.29 is 14.8 Å². The molecule has 1 aromatic heterocycles. The molecule has 7 heteroatoms. The van der Waals surface area contributed by atoms with Crippen molar-refractivity contribution in [2.24, 2.45) is 0 Å². The van der Waals surface area contributed by atoms with Gasteiger partial charge in [-0.15, -0.1) is 0 Å². The van der Waals surface area contributed by atoms with Crippen LogP contribution >= 0.6 is 0 Å². The molecule has 0 aliphatic heterocycles. The summed E-state index contributed by atoms with van der Waals surface area (Å²) < 4.78 is 6.67. The molecule has 7 nitrogen and oxygen atoms in total. The summed E-state index contributed by atoms with van der Waals surface area (Å²) in [6.45, 7) is -0.123. The number of nitro groups is 1. The van der Waals surface area contributed by atoms with E-state index in [1.165, 1.54) is 0 Å². The number of aliphatic hydroxyl groups is 1. The lowest BCUT2D eigenvalue weighted by Crippen LogP contribution is -2.29. The molecule has 3 rings (SSSR count). The van der Waals surface area contributed by atoms with Crippen LogP contribution in [0.3, 0.4) is 0 Å². The summed E-state index contributed by atoms with van der Waals surface area (Å²) >= 11 is 0. The second-order valence-electron chi connectivity index (χ2n) is 5.61. The maximum Gasteiger partial charge on any atom is 0.285 e. The summed E-state index contributed by atoms with van der Waals surface area (Å²) in [5.74, 6) is 0.601. The first-order valence-corrected chi connectivity index (χ1v) is 7.67. The van der Waals surface area contributed by atoms with Crippen LogP contribution in [0.25, 0.3) is 10.8 Å². The predicted octanol–water partition coefficient (Wildman–Crippen LogP) is 2.35. The Hall–Kier alpha value is -3.19. The molecule has 2 aromatic carbocycles. The number of hydrogen-bond acceptors (Lipinski definition) is 5. The van der Waals surface area contributed by atoms with E-state index in [9.17, 15) is 20.0 Å². The third kappa shape index (κ3) is 4.02. The van der Waals surface area contributed by atoms with Crippen LogP contribution in [-0.2, 0) is 6.54 Å². The van der Waals surface area contributed by atoms with Gasteiger partial charge in [0.05, 0.1) is 17.7 Å². The van der Waals surface area contributed by atoms with Crippen molar-refractivity contribution in [2.75, 3.05) is 6.61 Å². The first-order valence-electron chi connectivity index (χ1n) is 7.67. The van der Waals surface area contributed by atoms with E-state index in [4.69, 9.17) is 4.74 Å². The summed E-state index contributed by atoms with van der Waals surface area (Å²) in [7, 11) is 0. The zero-order valence-corrected chi connectivity index (χ0v) is 13.2. The molecule has 0 bridgehead atoms. The van der Waals surface area contributed by atoms with Crippen LogP contribution in [0.4, 0.5) is 5.69 Å². The minimum atomic E-state index is -0.980. The number of ether oxygens (including phenoxy) is 1. The number of nitrogens with zero attached hydrogens (tertiary/aromatic N) is 2. The lowest BCUT2D eigenvalue weighted by atomic mass is 10.1. The van der Waals surface area contributed by atoms with Crippen molar-refractivity contribution in [3.63, 3.8) is 0 Å². The average molecular weight is 340 g/mol. The summed E-state index contributed by atoms with van der Waals surface area (Å²) in [6.07, 6.45) is 0.132. The summed E-state index contributed by atoms with van der Waals surface area (Å²) in [5, 5.41) is 22.9. The largest absolute Gasteiger partial charge is 0.491 e. The van der Waals surface area contributed by atoms with Gasteiger partial charge in [0.25, 0.3) is 11.2 Å². The molecule has 1 heterocycles. The van der Waals surface area contributed by atoms with Gasteiger partial charge in [-0.2, -0.15) is 0 Å². The van der Waals surface area contributed by atoms with Crippen LogP contribution in [0, 0.1) is 10.1 Å². The number of benzene rings is 2. The smallest absolute Gasteiger partial charge is 0.285 e. The van der Waals surface area contributed by atoms with Gasteiger partial charge in [0.2, 0.25) is 0 Å². The second kappa shape index (κ2) is 7.14. The summed E-state index contributed by atoms with van der Waals surface area (Å²) in [6, 6.07) is 15.6. The van der Waals surface area contributed by atoms with E-state index in [0.717, 1.165) is 33.7 Å². The van der Waals surface area contributed by atoms with Crippen LogP contribution in [0.15, 0.2) is 65.6 Å². The Morgan fingerprint density at radius 2 is 1.88 bits per heavy atom. The fourth-order valence-corrected chi connectivity index (χ4v) is 2.50. The van der Waals surface area contributed by atoms with E-state index in [1.807, 2.05) is 36.4 Å². The lowest BCUT2D eigenvalue weighted by Gasteiger charge is -2.14. The van der Waals surface area contributed by atoms with Gasteiger partial charge in [0, 0.05) is 12.1 Å². The van der Waals surface area contributed by atoms with Crippen molar-refractivity contribution in [1.29, 1.82) is 0 Å². The summed E-state index contributed by atoms with van der Waals surface area (Å²) in [5.41, 5.74) is -0.627. The molecule has 128 valence electrons. The average Bonchev–Trinajstić information content (AvgIpc) is 2.61. The number of aromatic nitrogens is 1. The molecule has 0 aliphatic carbocycles. The van der Waals surface area contributed by atoms with Crippen LogP contribution in [0.5, 0.6) is 5.75 Å². The molecule has 0 saturated heterocycles. The first-order chi connectivity index (χ1) is 12.0. The predicted molar refractivity (Wildman–Crippen MR) is 92.8 cm³/mol. The highest BCUT2D eigenvalue weighted by Crippen LogP contribution is 2.20. The van der Waals surface area contributed by atoms with Gasteiger partial charge in [0.15, 0.2) is 0 Å².